The maximum atomic E-state index is 12.8. The average Bonchev–Trinajstić information content (AvgIpc) is 2.19. The van der Waals surface area contributed by atoms with E-state index in [1.54, 1.807) is 0 Å². The van der Waals surface area contributed by atoms with Crippen molar-refractivity contribution in [3.05, 3.63) is 29.8 Å². The third-order valence-electron chi connectivity index (χ3n) is 2.72. The largest absolute Gasteiger partial charge is 0.319 e. The first kappa shape index (κ1) is 12.5. The normalized spacial score (nSPS) is 11.7. The second kappa shape index (κ2) is 5.51. The molecule has 0 fully saturated rings. The minimum atomic E-state index is -2.11. The highest BCUT2D eigenvalue weighted by atomic mass is 31.2. The first-order chi connectivity index (χ1) is 7.14. The minimum Gasteiger partial charge on any atom is -0.319 e. The van der Waals surface area contributed by atoms with Crippen LogP contribution in [0.15, 0.2) is 24.3 Å². The van der Waals surface area contributed by atoms with Gasteiger partial charge in [-0.3, -0.25) is 0 Å². The van der Waals surface area contributed by atoms with E-state index in [2.05, 4.69) is 26.8 Å². The van der Waals surface area contributed by atoms with E-state index in [0.717, 1.165) is 30.5 Å². The summed E-state index contributed by atoms with van der Waals surface area (Å²) in [5.74, 6) is 0. The van der Waals surface area contributed by atoms with Gasteiger partial charge in [0.2, 0.25) is 0 Å². The van der Waals surface area contributed by atoms with Crippen LogP contribution < -0.4 is 5.30 Å². The van der Waals surface area contributed by atoms with E-state index >= 15 is 0 Å². The Balaban J connectivity index is 3.09. The summed E-state index contributed by atoms with van der Waals surface area (Å²) in [7, 11) is -2.11. The molecule has 1 aromatic carbocycles. The van der Waals surface area contributed by atoms with Gasteiger partial charge in [0.25, 0.3) is 0 Å². The molecule has 0 unspecified atom stereocenters. The van der Waals surface area contributed by atoms with Gasteiger partial charge in [-0.1, -0.05) is 38.1 Å². The summed E-state index contributed by atoms with van der Waals surface area (Å²) in [4.78, 5) is 0. The molecule has 1 rings (SSSR count). The third kappa shape index (κ3) is 2.95. The van der Waals surface area contributed by atoms with Gasteiger partial charge in [-0.05, 0) is 25.3 Å². The van der Waals surface area contributed by atoms with Gasteiger partial charge in [-0.25, -0.2) is 0 Å². The zero-order chi connectivity index (χ0) is 11.3. The zero-order valence-electron chi connectivity index (χ0n) is 9.99. The number of hydrogen-bond donors (Lipinski definition) is 0. The number of aryl methyl sites for hydroxylation is 1. The highest BCUT2D eigenvalue weighted by Crippen LogP contribution is 2.46. The van der Waals surface area contributed by atoms with Crippen LogP contribution in [-0.2, 0) is 4.57 Å². The van der Waals surface area contributed by atoms with Crippen LogP contribution in [0.2, 0.25) is 0 Å². The van der Waals surface area contributed by atoms with Gasteiger partial charge in [0.1, 0.15) is 7.14 Å². The highest BCUT2D eigenvalue weighted by Gasteiger charge is 2.23. The number of hydrogen-bond acceptors (Lipinski definition) is 1. The molecule has 0 spiro atoms. The Bertz CT molecular complexity index is 347. The van der Waals surface area contributed by atoms with Crippen LogP contribution in [0.3, 0.4) is 0 Å². The fraction of sp³-hybridized carbons (Fsp3) is 0.538. The van der Waals surface area contributed by atoms with Crippen LogP contribution in [0.25, 0.3) is 0 Å². The fourth-order valence-corrected chi connectivity index (χ4v) is 5.32. The van der Waals surface area contributed by atoms with Crippen molar-refractivity contribution in [3.8, 4) is 0 Å². The summed E-state index contributed by atoms with van der Waals surface area (Å²) in [5.41, 5.74) is 1.18. The van der Waals surface area contributed by atoms with Crippen molar-refractivity contribution in [2.75, 3.05) is 12.3 Å². The molecule has 0 aliphatic carbocycles. The molecule has 0 atom stereocenters. The van der Waals surface area contributed by atoms with Crippen molar-refractivity contribution >= 4 is 12.4 Å². The second-order valence-corrected chi connectivity index (χ2v) is 7.28. The van der Waals surface area contributed by atoms with Crippen LogP contribution >= 0.6 is 7.14 Å². The SMILES string of the molecule is CCCP(=O)(CCC)c1ccccc1C. The quantitative estimate of drug-likeness (QED) is 0.695. The molecule has 15 heavy (non-hydrogen) atoms. The molecule has 0 N–H and O–H groups in total. The van der Waals surface area contributed by atoms with Gasteiger partial charge in [-0.2, -0.15) is 0 Å². The summed E-state index contributed by atoms with van der Waals surface area (Å²) in [6, 6.07) is 8.12. The Hall–Kier alpha value is -0.550. The van der Waals surface area contributed by atoms with Crippen LogP contribution in [0.1, 0.15) is 32.3 Å². The van der Waals surface area contributed by atoms with E-state index in [0.29, 0.717) is 0 Å². The van der Waals surface area contributed by atoms with E-state index in [1.807, 2.05) is 18.2 Å². The van der Waals surface area contributed by atoms with Crippen LogP contribution in [0.5, 0.6) is 0 Å². The first-order valence-corrected chi connectivity index (χ1v) is 7.86. The Kier molecular flexibility index (Phi) is 4.60. The van der Waals surface area contributed by atoms with E-state index in [-0.39, 0.29) is 0 Å². The van der Waals surface area contributed by atoms with Gasteiger partial charge in [0.05, 0.1) is 0 Å². The molecule has 1 aromatic rings. The van der Waals surface area contributed by atoms with Gasteiger partial charge < -0.3 is 4.57 Å². The van der Waals surface area contributed by atoms with Gasteiger partial charge in [0, 0.05) is 17.6 Å². The molecule has 0 radical (unpaired) electrons. The fourth-order valence-electron chi connectivity index (χ4n) is 2.10. The van der Waals surface area contributed by atoms with Crippen LogP contribution in [0.4, 0.5) is 0 Å². The van der Waals surface area contributed by atoms with Crippen molar-refractivity contribution in [2.24, 2.45) is 0 Å². The summed E-state index contributed by atoms with van der Waals surface area (Å²) in [5, 5.41) is 1.11. The first-order valence-electron chi connectivity index (χ1n) is 5.78. The monoisotopic (exact) mass is 224 g/mol. The van der Waals surface area contributed by atoms with Crippen molar-refractivity contribution in [1.82, 2.24) is 0 Å². The predicted molar refractivity (Wildman–Crippen MR) is 68.7 cm³/mol. The van der Waals surface area contributed by atoms with Gasteiger partial charge >= 0.3 is 0 Å². The molecular weight excluding hydrogens is 203 g/mol. The van der Waals surface area contributed by atoms with Crippen molar-refractivity contribution in [3.63, 3.8) is 0 Å². The van der Waals surface area contributed by atoms with E-state index in [4.69, 9.17) is 0 Å². The molecule has 0 amide bonds. The summed E-state index contributed by atoms with van der Waals surface area (Å²) in [6.07, 6.45) is 3.72. The van der Waals surface area contributed by atoms with Crippen molar-refractivity contribution in [2.45, 2.75) is 33.6 Å². The smallest absolute Gasteiger partial charge is 0.115 e. The Labute approximate surface area is 93.3 Å². The number of benzene rings is 1. The van der Waals surface area contributed by atoms with Crippen molar-refractivity contribution < 1.29 is 4.57 Å². The molecule has 84 valence electrons. The second-order valence-electron chi connectivity index (χ2n) is 4.12. The van der Waals surface area contributed by atoms with E-state index in [1.165, 1.54) is 5.56 Å². The predicted octanol–water partition coefficient (Wildman–Crippen LogP) is 3.80. The molecule has 1 nitrogen and oxygen atoms in total. The third-order valence-corrected chi connectivity index (χ3v) is 6.44. The maximum Gasteiger partial charge on any atom is 0.115 e. The molecule has 0 bridgehead atoms. The van der Waals surface area contributed by atoms with Crippen LogP contribution in [-0.4, -0.2) is 12.3 Å². The molecular formula is C13H21OP. The van der Waals surface area contributed by atoms with Crippen molar-refractivity contribution in [1.29, 1.82) is 0 Å². The lowest BCUT2D eigenvalue weighted by atomic mass is 10.2. The lowest BCUT2D eigenvalue weighted by molar-refractivity contribution is 0.579. The lowest BCUT2D eigenvalue weighted by Crippen LogP contribution is -2.13. The molecule has 0 saturated carbocycles. The van der Waals surface area contributed by atoms with Gasteiger partial charge in [0.15, 0.2) is 0 Å². The Morgan fingerprint density at radius 3 is 2.07 bits per heavy atom. The molecule has 0 aliphatic heterocycles. The average molecular weight is 224 g/mol. The summed E-state index contributed by atoms with van der Waals surface area (Å²) in [6.45, 7) is 6.29. The number of rotatable bonds is 5. The minimum absolute atomic E-state index is 0.853. The Morgan fingerprint density at radius 2 is 1.60 bits per heavy atom. The standard InChI is InChI=1S/C13H21OP/c1-4-10-15(14,11-5-2)13-9-7-6-8-12(13)3/h6-9H,4-5,10-11H2,1-3H3. The molecule has 0 heterocycles. The Morgan fingerprint density at radius 1 is 1.07 bits per heavy atom. The summed E-state index contributed by atoms with van der Waals surface area (Å²) >= 11 is 0. The van der Waals surface area contributed by atoms with E-state index in [9.17, 15) is 4.57 Å². The molecule has 0 saturated heterocycles. The topological polar surface area (TPSA) is 17.1 Å². The lowest BCUT2D eigenvalue weighted by Gasteiger charge is -2.19. The van der Waals surface area contributed by atoms with E-state index < -0.39 is 7.14 Å². The molecule has 2 heteroatoms. The van der Waals surface area contributed by atoms with Crippen LogP contribution in [0, 0.1) is 6.92 Å². The van der Waals surface area contributed by atoms with Gasteiger partial charge in [-0.15, -0.1) is 0 Å². The molecule has 0 aromatic heterocycles. The maximum absolute atomic E-state index is 12.8. The highest BCUT2D eigenvalue weighted by molar-refractivity contribution is 7.71. The zero-order valence-corrected chi connectivity index (χ0v) is 10.9. The molecule has 0 aliphatic rings. The summed E-state index contributed by atoms with van der Waals surface area (Å²) < 4.78 is 12.8.